The number of anilines is 1. The molecule has 7 heteroatoms. The lowest BCUT2D eigenvalue weighted by Crippen LogP contribution is -2.47. The van der Waals surface area contributed by atoms with Crippen LogP contribution in [-0.4, -0.2) is 47.8 Å². The molecular weight excluding hydrogens is 292 g/mol. The summed E-state index contributed by atoms with van der Waals surface area (Å²) >= 11 is 1.30. The van der Waals surface area contributed by atoms with Crippen molar-refractivity contribution in [2.24, 2.45) is 0 Å². The normalized spacial score (nSPS) is 18.6. The zero-order valence-corrected chi connectivity index (χ0v) is 13.2. The molecule has 1 aromatic rings. The molecule has 0 saturated carbocycles. The number of aryl methyl sites for hydroxylation is 1. The van der Waals surface area contributed by atoms with Gasteiger partial charge in [-0.15, -0.1) is 11.3 Å². The molecule has 2 rings (SSSR count). The van der Waals surface area contributed by atoms with Gasteiger partial charge in [0.15, 0.2) is 0 Å². The number of carboxylic acid groups (broad SMARTS) is 1. The van der Waals surface area contributed by atoms with Crippen LogP contribution in [0.2, 0.25) is 0 Å². The molecule has 0 aromatic carbocycles. The summed E-state index contributed by atoms with van der Waals surface area (Å²) in [5.41, 5.74) is 0.891. The second kappa shape index (κ2) is 6.44. The maximum atomic E-state index is 12.3. The number of carboxylic acids is 1. The molecule has 2 amide bonds. The Kier molecular flexibility index (Phi) is 4.84. The van der Waals surface area contributed by atoms with Gasteiger partial charge in [0.1, 0.15) is 5.00 Å². The molecule has 0 aliphatic carbocycles. The Labute approximate surface area is 127 Å². The minimum absolute atomic E-state index is 0.0512. The highest BCUT2D eigenvalue weighted by molar-refractivity contribution is 7.16. The van der Waals surface area contributed by atoms with Gasteiger partial charge in [-0.3, -0.25) is 5.32 Å². The van der Waals surface area contributed by atoms with E-state index in [1.165, 1.54) is 11.3 Å². The molecule has 1 aromatic heterocycles. The van der Waals surface area contributed by atoms with Crippen molar-refractivity contribution in [3.05, 3.63) is 16.0 Å². The van der Waals surface area contributed by atoms with Gasteiger partial charge in [0.25, 0.3) is 0 Å². The van der Waals surface area contributed by atoms with E-state index < -0.39 is 5.97 Å². The Balaban J connectivity index is 2.13. The summed E-state index contributed by atoms with van der Waals surface area (Å²) < 4.78 is 5.53. The van der Waals surface area contributed by atoms with Gasteiger partial charge in [0.05, 0.1) is 18.3 Å². The first kappa shape index (κ1) is 15.8. The molecule has 1 aliphatic heterocycles. The molecule has 0 bridgehead atoms. The van der Waals surface area contributed by atoms with Crippen molar-refractivity contribution in [1.82, 2.24) is 4.90 Å². The second-order valence-electron chi connectivity index (χ2n) is 5.07. The van der Waals surface area contributed by atoms with E-state index in [9.17, 15) is 14.7 Å². The number of nitrogens with zero attached hydrogens (tertiary/aromatic N) is 1. The van der Waals surface area contributed by atoms with Crippen LogP contribution in [0.3, 0.4) is 0 Å². The van der Waals surface area contributed by atoms with Crippen molar-refractivity contribution in [1.29, 1.82) is 0 Å². The van der Waals surface area contributed by atoms with E-state index in [-0.39, 0.29) is 17.7 Å². The van der Waals surface area contributed by atoms with Crippen molar-refractivity contribution in [2.75, 3.05) is 25.0 Å². The van der Waals surface area contributed by atoms with Gasteiger partial charge in [-0.1, -0.05) is 6.92 Å². The maximum Gasteiger partial charge on any atom is 0.338 e. The third-order valence-corrected chi connectivity index (χ3v) is 4.82. The minimum atomic E-state index is -1.01. The van der Waals surface area contributed by atoms with Gasteiger partial charge in [-0.25, -0.2) is 9.59 Å². The molecule has 116 valence electrons. The number of rotatable bonds is 3. The number of ether oxygens (including phenoxy) is 1. The number of carbonyl (C=O) groups excluding carboxylic acids is 1. The number of morpholine rings is 1. The van der Waals surface area contributed by atoms with Crippen LogP contribution in [0.5, 0.6) is 0 Å². The molecule has 0 radical (unpaired) electrons. The summed E-state index contributed by atoms with van der Waals surface area (Å²) in [6.45, 7) is 7.19. The number of nitrogens with one attached hydrogen (secondary N) is 1. The molecule has 21 heavy (non-hydrogen) atoms. The quantitative estimate of drug-likeness (QED) is 0.899. The summed E-state index contributed by atoms with van der Waals surface area (Å²) in [6.07, 6.45) is 0.900. The lowest BCUT2D eigenvalue weighted by molar-refractivity contribution is -0.0134. The van der Waals surface area contributed by atoms with E-state index in [2.05, 4.69) is 5.32 Å². The third-order valence-electron chi connectivity index (χ3n) is 3.70. The van der Waals surface area contributed by atoms with Crippen molar-refractivity contribution in [3.63, 3.8) is 0 Å². The average molecular weight is 312 g/mol. The van der Waals surface area contributed by atoms with Crippen LogP contribution in [-0.2, 0) is 4.74 Å². The highest BCUT2D eigenvalue weighted by atomic mass is 32.1. The topological polar surface area (TPSA) is 78.9 Å². The number of carbonyl (C=O) groups is 2. The molecule has 1 atom stereocenters. The summed E-state index contributed by atoms with van der Waals surface area (Å²) in [5.74, 6) is -1.01. The lowest BCUT2D eigenvalue weighted by atomic mass is 10.1. The fraction of sp³-hybridized carbons (Fsp3) is 0.571. The zero-order valence-electron chi connectivity index (χ0n) is 12.4. The standard InChI is InChI=1S/C14H20N2O4S/c1-4-10-7-16(5-6-20-10)14(19)15-12-11(13(17)18)8(2)9(3)21-12/h10H,4-7H2,1-3H3,(H,15,19)(H,17,18). The number of urea groups is 1. The van der Waals surface area contributed by atoms with Crippen LogP contribution in [0.4, 0.5) is 9.80 Å². The summed E-state index contributed by atoms with van der Waals surface area (Å²) in [7, 11) is 0. The Morgan fingerprint density at radius 1 is 1.48 bits per heavy atom. The van der Waals surface area contributed by atoms with Gasteiger partial charge in [-0.05, 0) is 25.8 Å². The highest BCUT2D eigenvalue weighted by Crippen LogP contribution is 2.32. The largest absolute Gasteiger partial charge is 0.478 e. The third kappa shape index (κ3) is 3.36. The average Bonchev–Trinajstić information content (AvgIpc) is 2.73. The van der Waals surface area contributed by atoms with Gasteiger partial charge < -0.3 is 14.7 Å². The van der Waals surface area contributed by atoms with E-state index in [1.54, 1.807) is 11.8 Å². The number of amides is 2. The van der Waals surface area contributed by atoms with Crippen LogP contribution < -0.4 is 5.32 Å². The Bertz CT molecular complexity index is 555. The molecule has 1 aliphatic rings. The number of aromatic carboxylic acids is 1. The van der Waals surface area contributed by atoms with Crippen LogP contribution in [0, 0.1) is 13.8 Å². The fourth-order valence-electron chi connectivity index (χ4n) is 2.30. The number of thiophene rings is 1. The first-order valence-corrected chi connectivity index (χ1v) is 7.76. The molecule has 1 fully saturated rings. The van der Waals surface area contributed by atoms with Crippen molar-refractivity contribution < 1.29 is 19.4 Å². The Morgan fingerprint density at radius 3 is 2.81 bits per heavy atom. The van der Waals surface area contributed by atoms with Gasteiger partial charge in [0.2, 0.25) is 0 Å². The summed E-state index contributed by atoms with van der Waals surface area (Å²) in [4.78, 5) is 26.2. The van der Waals surface area contributed by atoms with Crippen molar-refractivity contribution in [2.45, 2.75) is 33.3 Å². The predicted octanol–water partition coefficient (Wildman–Crippen LogP) is 2.71. The molecule has 1 saturated heterocycles. The second-order valence-corrected chi connectivity index (χ2v) is 6.29. The minimum Gasteiger partial charge on any atom is -0.478 e. The van der Waals surface area contributed by atoms with E-state index in [0.29, 0.717) is 30.3 Å². The Hall–Kier alpha value is -1.60. The fourth-order valence-corrected chi connectivity index (χ4v) is 3.34. The van der Waals surface area contributed by atoms with Gasteiger partial charge >= 0.3 is 12.0 Å². The maximum absolute atomic E-state index is 12.3. The molecule has 2 N–H and O–H groups in total. The van der Waals surface area contributed by atoms with E-state index in [1.807, 2.05) is 13.8 Å². The Morgan fingerprint density at radius 2 is 2.19 bits per heavy atom. The molecule has 1 unspecified atom stereocenters. The van der Waals surface area contributed by atoms with E-state index in [4.69, 9.17) is 4.74 Å². The van der Waals surface area contributed by atoms with Gasteiger partial charge in [-0.2, -0.15) is 0 Å². The lowest BCUT2D eigenvalue weighted by Gasteiger charge is -2.32. The van der Waals surface area contributed by atoms with E-state index in [0.717, 1.165) is 11.3 Å². The van der Waals surface area contributed by atoms with Crippen LogP contribution >= 0.6 is 11.3 Å². The van der Waals surface area contributed by atoms with Crippen molar-refractivity contribution >= 4 is 28.3 Å². The smallest absolute Gasteiger partial charge is 0.338 e. The monoisotopic (exact) mass is 312 g/mol. The number of hydrogen-bond acceptors (Lipinski definition) is 4. The van der Waals surface area contributed by atoms with E-state index >= 15 is 0 Å². The van der Waals surface area contributed by atoms with Crippen molar-refractivity contribution in [3.8, 4) is 0 Å². The molecule has 0 spiro atoms. The summed E-state index contributed by atoms with van der Waals surface area (Å²) in [6, 6.07) is -0.263. The predicted molar refractivity (Wildman–Crippen MR) is 81.4 cm³/mol. The van der Waals surface area contributed by atoms with Crippen LogP contribution in [0.25, 0.3) is 0 Å². The SMILES string of the molecule is CCC1CN(C(=O)Nc2sc(C)c(C)c2C(=O)O)CCO1. The highest BCUT2D eigenvalue weighted by Gasteiger charge is 2.26. The van der Waals surface area contributed by atoms with Crippen LogP contribution in [0.1, 0.15) is 34.1 Å². The van der Waals surface area contributed by atoms with Crippen LogP contribution in [0.15, 0.2) is 0 Å². The summed E-state index contributed by atoms with van der Waals surface area (Å²) in [5, 5.41) is 12.4. The molecule has 6 nitrogen and oxygen atoms in total. The van der Waals surface area contributed by atoms with Gasteiger partial charge in [0, 0.05) is 18.0 Å². The first-order chi connectivity index (χ1) is 9.93. The molecular formula is C14H20N2O4S. The first-order valence-electron chi connectivity index (χ1n) is 6.94. The zero-order chi connectivity index (χ0) is 15.6. The number of hydrogen-bond donors (Lipinski definition) is 2. The molecule has 2 heterocycles.